The zero-order valence-corrected chi connectivity index (χ0v) is 14.3. The lowest BCUT2D eigenvalue weighted by Gasteiger charge is -2.31. The molecule has 0 amide bonds. The number of nitrogens with zero attached hydrogens (tertiary/aromatic N) is 2. The Morgan fingerprint density at radius 3 is 2.85 bits per heavy atom. The van der Waals surface area contributed by atoms with Crippen molar-refractivity contribution in [3.05, 3.63) is 70.0 Å². The molecule has 128 valence electrons. The number of hydrogen-bond donors (Lipinski definition) is 2. The van der Waals surface area contributed by atoms with E-state index in [-0.39, 0.29) is 5.56 Å². The van der Waals surface area contributed by atoms with Gasteiger partial charge in [-0.3, -0.25) is 9.78 Å². The molecule has 4 rings (SSSR count). The van der Waals surface area contributed by atoms with Gasteiger partial charge in [0.15, 0.2) is 0 Å². The number of rotatable bonds is 2. The molecule has 0 atom stereocenters. The quantitative estimate of drug-likeness (QED) is 0.743. The van der Waals surface area contributed by atoms with Crippen molar-refractivity contribution in [3.8, 4) is 11.8 Å². The molecule has 6 nitrogen and oxygen atoms in total. The van der Waals surface area contributed by atoms with Gasteiger partial charge < -0.3 is 10.1 Å². The fraction of sp³-hybridized carbons (Fsp3) is 0.150. The number of hydrogen-bond acceptors (Lipinski definition) is 5. The van der Waals surface area contributed by atoms with E-state index in [0.717, 1.165) is 11.3 Å². The molecule has 3 aromatic rings. The van der Waals surface area contributed by atoms with E-state index in [2.05, 4.69) is 21.4 Å². The standard InChI is InChI=1S/C20H16N4O2/c1-20(2)10-16(14-9-12(11-21)7-8-17(14)26-20)23-19-22-15-6-4-3-5-13(15)18(25)24-19/h3-10H,1-2H3,(H2,22,23,24,25). The highest BCUT2D eigenvalue weighted by Gasteiger charge is 2.27. The fourth-order valence-electron chi connectivity index (χ4n) is 3.01. The maximum Gasteiger partial charge on any atom is 0.260 e. The summed E-state index contributed by atoms with van der Waals surface area (Å²) in [5, 5.41) is 12.9. The second-order valence-corrected chi connectivity index (χ2v) is 6.64. The molecule has 0 fully saturated rings. The van der Waals surface area contributed by atoms with E-state index in [9.17, 15) is 10.1 Å². The van der Waals surface area contributed by atoms with Crippen molar-refractivity contribution in [3.63, 3.8) is 0 Å². The molecule has 0 radical (unpaired) electrons. The molecule has 0 spiro atoms. The van der Waals surface area contributed by atoms with E-state index in [1.165, 1.54) is 0 Å². The van der Waals surface area contributed by atoms with E-state index in [4.69, 9.17) is 4.74 Å². The number of nitriles is 1. The molecule has 1 aliphatic rings. The number of H-pyrrole nitrogens is 1. The average Bonchev–Trinajstić information content (AvgIpc) is 2.60. The Morgan fingerprint density at radius 2 is 2.04 bits per heavy atom. The van der Waals surface area contributed by atoms with E-state index < -0.39 is 5.60 Å². The van der Waals surface area contributed by atoms with Crippen LogP contribution < -0.4 is 15.6 Å². The molecule has 1 aromatic heterocycles. The summed E-state index contributed by atoms with van der Waals surface area (Å²) in [6.45, 7) is 3.87. The molecular weight excluding hydrogens is 328 g/mol. The Bertz CT molecular complexity index is 1150. The average molecular weight is 344 g/mol. The number of ether oxygens (including phenoxy) is 1. The second kappa shape index (κ2) is 5.74. The number of nitrogens with one attached hydrogen (secondary N) is 2. The highest BCUT2D eigenvalue weighted by molar-refractivity contribution is 5.83. The van der Waals surface area contributed by atoms with Crippen molar-refractivity contribution in [2.24, 2.45) is 0 Å². The highest BCUT2D eigenvalue weighted by atomic mass is 16.5. The monoisotopic (exact) mass is 344 g/mol. The predicted molar refractivity (Wildman–Crippen MR) is 99.8 cm³/mol. The van der Waals surface area contributed by atoms with Crippen molar-refractivity contribution in [2.75, 3.05) is 5.32 Å². The number of benzene rings is 2. The Balaban J connectivity index is 1.82. The minimum Gasteiger partial charge on any atom is -0.483 e. The summed E-state index contributed by atoms with van der Waals surface area (Å²) in [5.41, 5.74) is 1.86. The molecular formula is C20H16N4O2. The summed E-state index contributed by atoms with van der Waals surface area (Å²) >= 11 is 0. The fourth-order valence-corrected chi connectivity index (χ4v) is 3.01. The van der Waals surface area contributed by atoms with Crippen LogP contribution in [0.5, 0.6) is 5.75 Å². The molecule has 0 bridgehead atoms. The molecule has 6 heteroatoms. The van der Waals surface area contributed by atoms with Crippen molar-refractivity contribution in [1.82, 2.24) is 9.97 Å². The van der Waals surface area contributed by atoms with Gasteiger partial charge in [0.1, 0.15) is 11.4 Å². The lowest BCUT2D eigenvalue weighted by Crippen LogP contribution is -2.30. The van der Waals surface area contributed by atoms with Gasteiger partial charge in [-0.05, 0) is 50.3 Å². The first-order valence-corrected chi connectivity index (χ1v) is 8.18. The Kier molecular flexibility index (Phi) is 3.51. The van der Waals surface area contributed by atoms with Crippen LogP contribution in [0.15, 0.2) is 53.3 Å². The number of anilines is 1. The minimum absolute atomic E-state index is 0.212. The van der Waals surface area contributed by atoms with Crippen LogP contribution in [0.25, 0.3) is 16.6 Å². The van der Waals surface area contributed by atoms with Crippen LogP contribution in [-0.4, -0.2) is 15.6 Å². The summed E-state index contributed by atoms with van der Waals surface area (Å²) in [6, 6.07) is 14.5. The molecule has 2 aromatic carbocycles. The van der Waals surface area contributed by atoms with Crippen LogP contribution in [0.2, 0.25) is 0 Å². The van der Waals surface area contributed by atoms with Gasteiger partial charge in [-0.15, -0.1) is 0 Å². The first-order chi connectivity index (χ1) is 12.4. The van der Waals surface area contributed by atoms with Gasteiger partial charge in [0.2, 0.25) is 5.95 Å². The first-order valence-electron chi connectivity index (χ1n) is 8.18. The summed E-state index contributed by atoms with van der Waals surface area (Å²) in [4.78, 5) is 19.5. The van der Waals surface area contributed by atoms with Gasteiger partial charge in [0.05, 0.1) is 28.2 Å². The zero-order valence-electron chi connectivity index (χ0n) is 14.3. The molecule has 0 aliphatic carbocycles. The Labute approximate surface area is 149 Å². The SMILES string of the molecule is CC1(C)C=C(Nc2nc3ccccc3c(=O)[nH]2)c2cc(C#N)ccc2O1. The number of fused-ring (bicyclic) bond motifs is 2. The Morgan fingerprint density at radius 1 is 1.23 bits per heavy atom. The van der Waals surface area contributed by atoms with Crippen molar-refractivity contribution in [1.29, 1.82) is 5.26 Å². The summed E-state index contributed by atoms with van der Waals surface area (Å²) in [5.74, 6) is 1.01. The zero-order chi connectivity index (χ0) is 18.3. The molecule has 0 saturated heterocycles. The molecule has 2 N–H and O–H groups in total. The third-order valence-corrected chi connectivity index (χ3v) is 4.13. The Hall–Kier alpha value is -3.59. The molecule has 1 aliphatic heterocycles. The van der Waals surface area contributed by atoms with Gasteiger partial charge in [-0.2, -0.15) is 5.26 Å². The lowest BCUT2D eigenvalue weighted by molar-refractivity contribution is 0.158. The smallest absolute Gasteiger partial charge is 0.260 e. The van der Waals surface area contributed by atoms with Crippen LogP contribution in [0.4, 0.5) is 5.95 Å². The third kappa shape index (κ3) is 2.80. The van der Waals surface area contributed by atoms with E-state index >= 15 is 0 Å². The largest absolute Gasteiger partial charge is 0.483 e. The molecule has 0 saturated carbocycles. The summed E-state index contributed by atoms with van der Waals surface area (Å²) in [7, 11) is 0. The number of aromatic nitrogens is 2. The molecule has 0 unspecified atom stereocenters. The summed E-state index contributed by atoms with van der Waals surface area (Å²) < 4.78 is 5.96. The van der Waals surface area contributed by atoms with Crippen molar-refractivity contribution >= 4 is 22.5 Å². The van der Waals surface area contributed by atoms with Gasteiger partial charge in [0.25, 0.3) is 5.56 Å². The highest BCUT2D eigenvalue weighted by Crippen LogP contribution is 2.36. The normalized spacial score (nSPS) is 14.7. The van der Waals surface area contributed by atoms with Crippen molar-refractivity contribution < 1.29 is 4.74 Å². The van der Waals surface area contributed by atoms with Crippen LogP contribution in [0, 0.1) is 11.3 Å². The van der Waals surface area contributed by atoms with Crippen molar-refractivity contribution in [2.45, 2.75) is 19.4 Å². The molecule has 2 heterocycles. The van der Waals surface area contributed by atoms with Crippen LogP contribution in [0.1, 0.15) is 25.0 Å². The lowest BCUT2D eigenvalue weighted by atomic mass is 9.98. The number of para-hydroxylation sites is 1. The summed E-state index contributed by atoms with van der Waals surface area (Å²) in [6.07, 6.45) is 1.91. The van der Waals surface area contributed by atoms with Gasteiger partial charge >= 0.3 is 0 Å². The third-order valence-electron chi connectivity index (χ3n) is 4.13. The maximum absolute atomic E-state index is 12.3. The van der Waals surface area contributed by atoms with E-state index in [1.54, 1.807) is 36.4 Å². The topological polar surface area (TPSA) is 90.8 Å². The predicted octanol–water partition coefficient (Wildman–Crippen LogP) is 3.42. The van der Waals surface area contributed by atoms with Crippen LogP contribution in [-0.2, 0) is 0 Å². The minimum atomic E-state index is -0.541. The van der Waals surface area contributed by atoms with Gasteiger partial charge in [0, 0.05) is 5.56 Å². The second-order valence-electron chi connectivity index (χ2n) is 6.64. The van der Waals surface area contributed by atoms with Crippen LogP contribution >= 0.6 is 0 Å². The van der Waals surface area contributed by atoms with Crippen LogP contribution in [0.3, 0.4) is 0 Å². The maximum atomic E-state index is 12.3. The number of aromatic amines is 1. The van der Waals surface area contributed by atoms with Gasteiger partial charge in [-0.1, -0.05) is 12.1 Å². The first kappa shape index (κ1) is 15.9. The van der Waals surface area contributed by atoms with E-state index in [1.807, 2.05) is 26.0 Å². The van der Waals surface area contributed by atoms with Gasteiger partial charge in [-0.25, -0.2) is 4.98 Å². The molecule has 26 heavy (non-hydrogen) atoms. The van der Waals surface area contributed by atoms with E-state index in [0.29, 0.717) is 28.2 Å².